The van der Waals surface area contributed by atoms with Gasteiger partial charge in [0.2, 0.25) is 5.91 Å². The maximum Gasteiger partial charge on any atom is 0.223 e. The maximum atomic E-state index is 11.7. The molecule has 100 valence electrons. The molecule has 0 saturated heterocycles. The largest absolute Gasteiger partial charge is 0.496 e. The van der Waals surface area contributed by atoms with Gasteiger partial charge in [-0.3, -0.25) is 4.79 Å². The standard InChI is InChI=1S/C14H22N2O2/c1-5-10-6-7-13(18-4)11(8-10)12(15)9-14(17)16(2)3/h6-8,12H,5,9,15H2,1-4H3. The fourth-order valence-electron chi connectivity index (χ4n) is 1.77. The van der Waals surface area contributed by atoms with E-state index in [4.69, 9.17) is 10.5 Å². The SMILES string of the molecule is CCc1ccc(OC)c(C(N)CC(=O)N(C)C)c1. The molecular formula is C14H22N2O2. The quantitative estimate of drug-likeness (QED) is 0.866. The highest BCUT2D eigenvalue weighted by Gasteiger charge is 2.17. The molecule has 0 aliphatic carbocycles. The molecule has 18 heavy (non-hydrogen) atoms. The van der Waals surface area contributed by atoms with Crippen LogP contribution in [0.4, 0.5) is 0 Å². The summed E-state index contributed by atoms with van der Waals surface area (Å²) in [6.45, 7) is 2.09. The van der Waals surface area contributed by atoms with Crippen LogP contribution in [-0.4, -0.2) is 32.0 Å². The molecule has 1 unspecified atom stereocenters. The molecule has 1 atom stereocenters. The summed E-state index contributed by atoms with van der Waals surface area (Å²) in [5.41, 5.74) is 8.19. The third-order valence-corrected chi connectivity index (χ3v) is 3.00. The first-order valence-corrected chi connectivity index (χ1v) is 6.12. The van der Waals surface area contributed by atoms with Crippen molar-refractivity contribution < 1.29 is 9.53 Å². The number of carbonyl (C=O) groups is 1. The number of aryl methyl sites for hydroxylation is 1. The second-order valence-corrected chi connectivity index (χ2v) is 4.53. The van der Waals surface area contributed by atoms with Gasteiger partial charge in [0, 0.05) is 32.1 Å². The minimum atomic E-state index is -0.332. The van der Waals surface area contributed by atoms with Crippen LogP contribution in [0.25, 0.3) is 0 Å². The van der Waals surface area contributed by atoms with Crippen LogP contribution in [0.15, 0.2) is 18.2 Å². The van der Waals surface area contributed by atoms with Crippen LogP contribution in [0.2, 0.25) is 0 Å². The highest BCUT2D eigenvalue weighted by atomic mass is 16.5. The van der Waals surface area contributed by atoms with Gasteiger partial charge < -0.3 is 15.4 Å². The van der Waals surface area contributed by atoms with Crippen LogP contribution in [-0.2, 0) is 11.2 Å². The summed E-state index contributed by atoms with van der Waals surface area (Å²) in [6.07, 6.45) is 1.22. The number of hydrogen-bond acceptors (Lipinski definition) is 3. The Balaban J connectivity index is 2.95. The van der Waals surface area contributed by atoms with E-state index in [1.165, 1.54) is 5.56 Å². The number of nitrogens with zero attached hydrogens (tertiary/aromatic N) is 1. The molecule has 0 bridgehead atoms. The fraction of sp³-hybridized carbons (Fsp3) is 0.500. The lowest BCUT2D eigenvalue weighted by Crippen LogP contribution is -2.26. The first kappa shape index (κ1) is 14.5. The number of methoxy groups -OCH3 is 1. The third kappa shape index (κ3) is 3.47. The van der Waals surface area contributed by atoms with Gasteiger partial charge in [-0.1, -0.05) is 19.1 Å². The zero-order valence-corrected chi connectivity index (χ0v) is 11.6. The van der Waals surface area contributed by atoms with Crippen LogP contribution >= 0.6 is 0 Å². The van der Waals surface area contributed by atoms with E-state index in [1.807, 2.05) is 18.2 Å². The smallest absolute Gasteiger partial charge is 0.223 e. The molecule has 0 aromatic heterocycles. The lowest BCUT2D eigenvalue weighted by Gasteiger charge is -2.18. The van der Waals surface area contributed by atoms with Crippen molar-refractivity contribution in [2.45, 2.75) is 25.8 Å². The molecule has 0 aliphatic heterocycles. The first-order chi connectivity index (χ1) is 8.49. The summed E-state index contributed by atoms with van der Waals surface area (Å²) >= 11 is 0. The van der Waals surface area contributed by atoms with Crippen LogP contribution in [0, 0.1) is 0 Å². The lowest BCUT2D eigenvalue weighted by atomic mass is 9.99. The molecule has 0 aliphatic rings. The van der Waals surface area contributed by atoms with Gasteiger partial charge in [0.1, 0.15) is 5.75 Å². The van der Waals surface area contributed by atoms with Crippen molar-refractivity contribution in [3.63, 3.8) is 0 Å². The molecule has 1 rings (SSSR count). The van der Waals surface area contributed by atoms with Crippen molar-refractivity contribution in [3.8, 4) is 5.75 Å². The molecular weight excluding hydrogens is 228 g/mol. The van der Waals surface area contributed by atoms with Gasteiger partial charge in [0.25, 0.3) is 0 Å². The highest BCUT2D eigenvalue weighted by molar-refractivity contribution is 5.76. The van der Waals surface area contributed by atoms with Crippen molar-refractivity contribution in [1.82, 2.24) is 4.90 Å². The Hall–Kier alpha value is -1.55. The topological polar surface area (TPSA) is 55.6 Å². The minimum absolute atomic E-state index is 0.0199. The Bertz CT molecular complexity index is 416. The lowest BCUT2D eigenvalue weighted by molar-refractivity contribution is -0.129. The maximum absolute atomic E-state index is 11.7. The Labute approximate surface area is 109 Å². The molecule has 1 amide bonds. The van der Waals surface area contributed by atoms with Crippen LogP contribution in [0.3, 0.4) is 0 Å². The Kier molecular flexibility index (Phi) is 5.16. The fourth-order valence-corrected chi connectivity index (χ4v) is 1.77. The number of amides is 1. The zero-order chi connectivity index (χ0) is 13.7. The number of hydrogen-bond donors (Lipinski definition) is 1. The van der Waals surface area contributed by atoms with Gasteiger partial charge in [-0.2, -0.15) is 0 Å². The number of ether oxygens (including phenoxy) is 1. The summed E-state index contributed by atoms with van der Waals surface area (Å²) in [7, 11) is 5.08. The first-order valence-electron chi connectivity index (χ1n) is 6.12. The molecule has 0 heterocycles. The average molecular weight is 250 g/mol. The minimum Gasteiger partial charge on any atom is -0.496 e. The predicted molar refractivity (Wildman–Crippen MR) is 72.6 cm³/mol. The van der Waals surface area contributed by atoms with Crippen molar-refractivity contribution in [1.29, 1.82) is 0 Å². The van der Waals surface area contributed by atoms with Gasteiger partial charge in [-0.15, -0.1) is 0 Å². The molecule has 0 fully saturated rings. The molecule has 1 aromatic rings. The van der Waals surface area contributed by atoms with Gasteiger partial charge >= 0.3 is 0 Å². The second kappa shape index (κ2) is 6.40. The van der Waals surface area contributed by atoms with Gasteiger partial charge in [-0.05, 0) is 18.1 Å². The summed E-state index contributed by atoms with van der Waals surface area (Å²) in [5.74, 6) is 0.762. The van der Waals surface area contributed by atoms with Crippen LogP contribution in [0.1, 0.15) is 30.5 Å². The summed E-state index contributed by atoms with van der Waals surface area (Å²) < 4.78 is 5.30. The molecule has 4 nitrogen and oxygen atoms in total. The molecule has 4 heteroatoms. The van der Waals surface area contributed by atoms with E-state index in [-0.39, 0.29) is 18.4 Å². The Morgan fingerprint density at radius 2 is 2.11 bits per heavy atom. The number of carbonyl (C=O) groups excluding carboxylic acids is 1. The summed E-state index contributed by atoms with van der Waals surface area (Å²) in [6, 6.07) is 5.62. The molecule has 2 N–H and O–H groups in total. The van der Waals surface area contributed by atoms with E-state index in [0.29, 0.717) is 0 Å². The van der Waals surface area contributed by atoms with Crippen LogP contribution in [0.5, 0.6) is 5.75 Å². The number of rotatable bonds is 5. The molecule has 0 saturated carbocycles. The van der Waals surface area contributed by atoms with Gasteiger partial charge in [-0.25, -0.2) is 0 Å². The molecule has 0 spiro atoms. The van der Waals surface area contributed by atoms with Gasteiger partial charge in [0.05, 0.1) is 7.11 Å². The predicted octanol–water partition coefficient (Wildman–Crippen LogP) is 1.74. The number of benzene rings is 1. The van der Waals surface area contributed by atoms with Gasteiger partial charge in [0.15, 0.2) is 0 Å². The van der Waals surface area contributed by atoms with Crippen molar-refractivity contribution in [3.05, 3.63) is 29.3 Å². The van der Waals surface area contributed by atoms with Crippen molar-refractivity contribution in [2.24, 2.45) is 5.73 Å². The Morgan fingerprint density at radius 1 is 1.44 bits per heavy atom. The normalized spacial score (nSPS) is 12.1. The Morgan fingerprint density at radius 3 is 2.61 bits per heavy atom. The number of nitrogens with two attached hydrogens (primary N) is 1. The van der Waals surface area contributed by atoms with E-state index in [2.05, 4.69) is 6.92 Å². The summed E-state index contributed by atoms with van der Waals surface area (Å²) in [4.78, 5) is 13.2. The van der Waals surface area contributed by atoms with E-state index in [1.54, 1.807) is 26.1 Å². The van der Waals surface area contributed by atoms with Crippen LogP contribution < -0.4 is 10.5 Å². The van der Waals surface area contributed by atoms with Crippen molar-refractivity contribution in [2.75, 3.05) is 21.2 Å². The zero-order valence-electron chi connectivity index (χ0n) is 11.6. The van der Waals surface area contributed by atoms with E-state index < -0.39 is 0 Å². The van der Waals surface area contributed by atoms with Crippen molar-refractivity contribution >= 4 is 5.91 Å². The van der Waals surface area contributed by atoms with E-state index >= 15 is 0 Å². The van der Waals surface area contributed by atoms with E-state index in [9.17, 15) is 4.79 Å². The summed E-state index contributed by atoms with van der Waals surface area (Å²) in [5, 5.41) is 0. The average Bonchev–Trinajstić information content (AvgIpc) is 2.37. The molecule has 0 radical (unpaired) electrons. The highest BCUT2D eigenvalue weighted by Crippen LogP contribution is 2.27. The van der Waals surface area contributed by atoms with E-state index in [0.717, 1.165) is 17.7 Å². The third-order valence-electron chi connectivity index (χ3n) is 3.00. The second-order valence-electron chi connectivity index (χ2n) is 4.53. The monoisotopic (exact) mass is 250 g/mol. The molecule has 1 aromatic carbocycles.